The molecule has 23 heavy (non-hydrogen) atoms. The van der Waals surface area contributed by atoms with E-state index in [1.165, 1.54) is 24.3 Å². The summed E-state index contributed by atoms with van der Waals surface area (Å²) in [7, 11) is -4.17. The molecule has 0 N–H and O–H groups in total. The van der Waals surface area contributed by atoms with Crippen LogP contribution in [0.15, 0.2) is 70.7 Å². The Morgan fingerprint density at radius 3 is 2.22 bits per heavy atom. The molecule has 0 aliphatic heterocycles. The van der Waals surface area contributed by atoms with Crippen molar-refractivity contribution in [1.29, 1.82) is 0 Å². The maximum atomic E-state index is 12.2. The monoisotopic (exact) mass is 334 g/mol. The minimum atomic E-state index is -4.17. The second-order valence-corrected chi connectivity index (χ2v) is 6.59. The molecule has 0 aliphatic rings. The highest BCUT2D eigenvalue weighted by molar-refractivity contribution is 7.92. The van der Waals surface area contributed by atoms with E-state index in [0.29, 0.717) is 6.21 Å². The lowest BCUT2D eigenvalue weighted by atomic mass is 10.2. The van der Waals surface area contributed by atoms with Crippen molar-refractivity contribution in [1.82, 2.24) is 0 Å². The minimum Gasteiger partial charge on any atom is -0.391 e. The Labute approximate surface area is 133 Å². The highest BCUT2D eigenvalue weighted by Crippen LogP contribution is 2.15. The molecule has 0 aliphatic carbocycles. The van der Waals surface area contributed by atoms with E-state index in [-0.39, 0.29) is 11.5 Å². The van der Waals surface area contributed by atoms with Gasteiger partial charge in [-0.15, -0.1) is 0 Å². The Hall–Kier alpha value is -2.74. The first-order chi connectivity index (χ1) is 11.0. The molecule has 0 saturated carbocycles. The van der Waals surface area contributed by atoms with Gasteiger partial charge in [-0.25, -0.2) is 8.42 Å². The smallest absolute Gasteiger partial charge is 0.352 e. The van der Waals surface area contributed by atoms with E-state index in [9.17, 15) is 18.5 Å². The van der Waals surface area contributed by atoms with E-state index < -0.39 is 20.1 Å². The van der Waals surface area contributed by atoms with E-state index in [1.807, 2.05) is 18.2 Å². The highest BCUT2D eigenvalue weighted by Gasteiger charge is 2.36. The molecule has 0 spiro atoms. The fourth-order valence-electron chi connectivity index (χ4n) is 1.78. The number of rotatable bonds is 7. The zero-order valence-corrected chi connectivity index (χ0v) is 12.8. The van der Waals surface area contributed by atoms with Gasteiger partial charge in [0.15, 0.2) is 0 Å². The zero-order valence-electron chi connectivity index (χ0n) is 12.0. The van der Waals surface area contributed by atoms with Crippen LogP contribution in [-0.2, 0) is 21.3 Å². The van der Waals surface area contributed by atoms with Gasteiger partial charge in [-0.05, 0) is 17.7 Å². The molecule has 0 aromatic heterocycles. The van der Waals surface area contributed by atoms with Gasteiger partial charge in [0.1, 0.15) is 12.8 Å². The molecule has 0 radical (unpaired) electrons. The molecule has 120 valence electrons. The molecular formula is C15H14N2O5S. The second kappa shape index (κ2) is 7.50. The summed E-state index contributed by atoms with van der Waals surface area (Å²) in [5.41, 5.74) is 0.813. The van der Waals surface area contributed by atoms with Gasteiger partial charge in [0.25, 0.3) is 9.84 Å². The lowest BCUT2D eigenvalue weighted by molar-refractivity contribution is -0.478. The van der Waals surface area contributed by atoms with Crippen LogP contribution in [0.25, 0.3) is 0 Å². The fourth-order valence-corrected chi connectivity index (χ4v) is 3.03. The molecule has 8 heteroatoms. The molecule has 0 saturated heterocycles. The third-order valence-corrected chi connectivity index (χ3v) is 4.79. The first-order valence-electron chi connectivity index (χ1n) is 6.63. The van der Waals surface area contributed by atoms with E-state index in [2.05, 4.69) is 5.16 Å². The highest BCUT2D eigenvalue weighted by atomic mass is 32.2. The van der Waals surface area contributed by atoms with Gasteiger partial charge in [0.2, 0.25) is 0 Å². The Balaban J connectivity index is 2.10. The standard InChI is InChI=1S/C15H14N2O5S/c18-17(19)15(23(20,21)14-9-5-2-6-10-14)11-16-22-12-13-7-3-1-4-8-13/h1-11,15H,12H2/b16-11+/t15-/m0/s1. The minimum absolute atomic E-state index is 0.0904. The van der Waals surface area contributed by atoms with Gasteiger partial charge < -0.3 is 4.84 Å². The van der Waals surface area contributed by atoms with Crippen molar-refractivity contribution in [3.63, 3.8) is 0 Å². The number of benzene rings is 2. The summed E-state index contributed by atoms with van der Waals surface area (Å²) in [5, 5.41) is 12.5. The predicted molar refractivity (Wildman–Crippen MR) is 84.1 cm³/mol. The lowest BCUT2D eigenvalue weighted by Gasteiger charge is -2.06. The molecule has 0 fully saturated rings. The first-order valence-corrected chi connectivity index (χ1v) is 8.18. The van der Waals surface area contributed by atoms with Crippen molar-refractivity contribution in [2.75, 3.05) is 0 Å². The molecule has 0 bridgehead atoms. The maximum Gasteiger partial charge on any atom is 0.352 e. The van der Waals surface area contributed by atoms with Crippen molar-refractivity contribution in [2.45, 2.75) is 16.9 Å². The normalized spacial score (nSPS) is 12.9. The largest absolute Gasteiger partial charge is 0.391 e. The summed E-state index contributed by atoms with van der Waals surface area (Å²) >= 11 is 0. The van der Waals surface area contributed by atoms with Crippen molar-refractivity contribution >= 4 is 16.1 Å². The number of nitro groups is 1. The summed E-state index contributed by atoms with van der Waals surface area (Å²) < 4.78 is 24.5. The number of hydrogen-bond acceptors (Lipinski definition) is 6. The molecule has 2 aromatic carbocycles. The summed E-state index contributed by atoms with van der Waals surface area (Å²) in [6.45, 7) is 0.0904. The van der Waals surface area contributed by atoms with Crippen LogP contribution in [0.2, 0.25) is 0 Å². The number of hydrogen-bond donors (Lipinski definition) is 0. The molecule has 2 rings (SSSR count). The Morgan fingerprint density at radius 1 is 1.09 bits per heavy atom. The average molecular weight is 334 g/mol. The third kappa shape index (κ3) is 4.36. The Kier molecular flexibility index (Phi) is 5.42. The van der Waals surface area contributed by atoms with Crippen LogP contribution in [0, 0.1) is 10.1 Å². The van der Waals surface area contributed by atoms with Crippen LogP contribution >= 0.6 is 0 Å². The summed E-state index contributed by atoms with van der Waals surface area (Å²) in [6.07, 6.45) is 0.686. The predicted octanol–water partition coefficient (Wildman–Crippen LogP) is 2.27. The van der Waals surface area contributed by atoms with Crippen LogP contribution in [0.4, 0.5) is 0 Å². The lowest BCUT2D eigenvalue weighted by Crippen LogP contribution is -2.31. The Bertz CT molecular complexity index is 776. The van der Waals surface area contributed by atoms with Crippen molar-refractivity contribution in [2.24, 2.45) is 5.16 Å². The fraction of sp³-hybridized carbons (Fsp3) is 0.133. The molecule has 2 aromatic rings. The molecule has 0 amide bonds. The van der Waals surface area contributed by atoms with Gasteiger partial charge in [-0.2, -0.15) is 0 Å². The SMILES string of the molecule is O=[N+]([O-])[C@H](/C=N/OCc1ccccc1)S(=O)(=O)c1ccccc1. The van der Waals surface area contributed by atoms with Crippen molar-refractivity contribution in [3.8, 4) is 0 Å². The summed E-state index contributed by atoms with van der Waals surface area (Å²) in [5.74, 6) is 0. The molecule has 7 nitrogen and oxygen atoms in total. The average Bonchev–Trinajstić information content (AvgIpc) is 2.56. The zero-order chi connectivity index (χ0) is 16.7. The van der Waals surface area contributed by atoms with E-state index in [0.717, 1.165) is 5.56 Å². The van der Waals surface area contributed by atoms with Gasteiger partial charge in [-0.1, -0.05) is 53.7 Å². The summed E-state index contributed by atoms with van der Waals surface area (Å²) in [4.78, 5) is 14.9. The van der Waals surface area contributed by atoms with Crippen LogP contribution in [-0.4, -0.2) is 24.9 Å². The van der Waals surface area contributed by atoms with Crippen molar-refractivity contribution in [3.05, 3.63) is 76.3 Å². The topological polar surface area (TPSA) is 98.9 Å². The van der Waals surface area contributed by atoms with Crippen LogP contribution in [0.1, 0.15) is 5.56 Å². The number of nitrogens with zero attached hydrogens (tertiary/aromatic N) is 2. The third-order valence-electron chi connectivity index (χ3n) is 2.93. The van der Waals surface area contributed by atoms with Crippen LogP contribution in [0.5, 0.6) is 0 Å². The second-order valence-electron chi connectivity index (χ2n) is 4.55. The van der Waals surface area contributed by atoms with E-state index >= 15 is 0 Å². The van der Waals surface area contributed by atoms with Crippen LogP contribution < -0.4 is 0 Å². The molecule has 0 unspecified atom stereocenters. The first kappa shape index (κ1) is 16.6. The van der Waals surface area contributed by atoms with Gasteiger partial charge >= 0.3 is 5.37 Å². The summed E-state index contributed by atoms with van der Waals surface area (Å²) in [6, 6.07) is 16.2. The van der Waals surface area contributed by atoms with E-state index in [1.54, 1.807) is 18.2 Å². The molecule has 1 atom stereocenters. The van der Waals surface area contributed by atoms with Gasteiger partial charge in [-0.3, -0.25) is 10.1 Å². The molecular weight excluding hydrogens is 320 g/mol. The maximum absolute atomic E-state index is 12.2. The van der Waals surface area contributed by atoms with Gasteiger partial charge in [0, 0.05) is 4.92 Å². The quantitative estimate of drug-likeness (QED) is 0.439. The Morgan fingerprint density at radius 2 is 1.65 bits per heavy atom. The molecule has 0 heterocycles. The van der Waals surface area contributed by atoms with E-state index in [4.69, 9.17) is 4.84 Å². The van der Waals surface area contributed by atoms with Crippen LogP contribution in [0.3, 0.4) is 0 Å². The van der Waals surface area contributed by atoms with Crippen molar-refractivity contribution < 1.29 is 18.2 Å². The number of oxime groups is 1. The number of sulfone groups is 1. The van der Waals surface area contributed by atoms with Gasteiger partial charge in [0.05, 0.1) is 4.90 Å².